The summed E-state index contributed by atoms with van der Waals surface area (Å²) in [7, 11) is 0. The average molecular weight is 138 g/mol. The largest absolute Gasteiger partial charge is 0.338 e. The van der Waals surface area contributed by atoms with Gasteiger partial charge in [0.2, 0.25) is 0 Å². The Morgan fingerprint density at radius 3 is 2.60 bits per heavy atom. The minimum Gasteiger partial charge on any atom is -0.338 e. The molecule has 1 heterocycles. The SMILES string of the molecule is CCNC(=O)n1cccc1. The van der Waals surface area contributed by atoms with Crippen LogP contribution in [-0.4, -0.2) is 17.1 Å². The number of rotatable bonds is 1. The first-order valence-corrected chi connectivity index (χ1v) is 3.25. The number of hydrogen-bond acceptors (Lipinski definition) is 1. The highest BCUT2D eigenvalue weighted by atomic mass is 16.2. The number of aromatic nitrogens is 1. The molecular formula is C7H10N2O. The summed E-state index contributed by atoms with van der Waals surface area (Å²) in [4.78, 5) is 11.0. The van der Waals surface area contributed by atoms with Crippen LogP contribution in [-0.2, 0) is 0 Å². The molecule has 1 aromatic heterocycles. The van der Waals surface area contributed by atoms with Crippen molar-refractivity contribution in [3.05, 3.63) is 24.5 Å². The van der Waals surface area contributed by atoms with Gasteiger partial charge in [0.1, 0.15) is 0 Å². The molecule has 0 aliphatic carbocycles. The maximum atomic E-state index is 11.0. The molecule has 10 heavy (non-hydrogen) atoms. The van der Waals surface area contributed by atoms with Gasteiger partial charge in [-0.3, -0.25) is 4.57 Å². The van der Waals surface area contributed by atoms with Crippen LogP contribution in [0.25, 0.3) is 0 Å². The highest BCUT2D eigenvalue weighted by molar-refractivity contribution is 5.76. The lowest BCUT2D eigenvalue weighted by molar-refractivity contribution is 0.243. The van der Waals surface area contributed by atoms with Crippen LogP contribution in [0.2, 0.25) is 0 Å². The van der Waals surface area contributed by atoms with Crippen molar-refractivity contribution in [3.8, 4) is 0 Å². The average Bonchev–Trinajstić information content (AvgIpc) is 2.38. The number of nitrogens with zero attached hydrogens (tertiary/aromatic N) is 1. The fraction of sp³-hybridized carbons (Fsp3) is 0.286. The fourth-order valence-electron chi connectivity index (χ4n) is 0.712. The number of hydrogen-bond donors (Lipinski definition) is 1. The standard InChI is InChI=1S/C7H10N2O/c1-2-8-7(10)9-5-3-4-6-9/h3-6H,2H2,1H3,(H,8,10). The van der Waals surface area contributed by atoms with Crippen LogP contribution in [0.4, 0.5) is 4.79 Å². The first kappa shape index (κ1) is 6.86. The minimum atomic E-state index is -0.0764. The third-order valence-electron chi connectivity index (χ3n) is 1.17. The van der Waals surface area contributed by atoms with Crippen LogP contribution in [0.3, 0.4) is 0 Å². The van der Waals surface area contributed by atoms with Gasteiger partial charge >= 0.3 is 6.03 Å². The van der Waals surface area contributed by atoms with E-state index in [4.69, 9.17) is 0 Å². The molecule has 1 aromatic rings. The Morgan fingerprint density at radius 1 is 1.50 bits per heavy atom. The third kappa shape index (κ3) is 1.37. The number of carbonyl (C=O) groups excluding carboxylic acids is 1. The molecule has 0 unspecified atom stereocenters. The third-order valence-corrected chi connectivity index (χ3v) is 1.17. The zero-order chi connectivity index (χ0) is 7.40. The van der Waals surface area contributed by atoms with Crippen LogP contribution >= 0.6 is 0 Å². The molecule has 3 nitrogen and oxygen atoms in total. The molecule has 0 aromatic carbocycles. The van der Waals surface area contributed by atoms with E-state index < -0.39 is 0 Å². The van der Waals surface area contributed by atoms with Gasteiger partial charge in [-0.2, -0.15) is 0 Å². The summed E-state index contributed by atoms with van der Waals surface area (Å²) in [5.41, 5.74) is 0. The molecule has 0 saturated carbocycles. The molecule has 54 valence electrons. The van der Waals surface area contributed by atoms with Crippen molar-refractivity contribution < 1.29 is 4.79 Å². The van der Waals surface area contributed by atoms with Crippen molar-refractivity contribution in [2.75, 3.05) is 6.54 Å². The Balaban J connectivity index is 2.59. The first-order valence-electron chi connectivity index (χ1n) is 3.25. The Hall–Kier alpha value is -1.25. The lowest BCUT2D eigenvalue weighted by atomic mass is 10.7. The van der Waals surface area contributed by atoms with E-state index in [1.807, 2.05) is 19.1 Å². The molecule has 0 spiro atoms. The number of nitrogens with one attached hydrogen (secondary N) is 1. The molecule has 0 bridgehead atoms. The maximum absolute atomic E-state index is 11.0. The van der Waals surface area contributed by atoms with Crippen LogP contribution in [0.15, 0.2) is 24.5 Å². The molecule has 1 amide bonds. The summed E-state index contributed by atoms with van der Waals surface area (Å²) in [5, 5.41) is 2.67. The Kier molecular flexibility index (Phi) is 2.10. The van der Waals surface area contributed by atoms with E-state index in [9.17, 15) is 4.79 Å². The Labute approximate surface area is 59.7 Å². The lowest BCUT2D eigenvalue weighted by Gasteiger charge is -2.00. The van der Waals surface area contributed by atoms with Crippen LogP contribution < -0.4 is 5.32 Å². The second-order valence-corrected chi connectivity index (χ2v) is 1.93. The molecule has 0 saturated heterocycles. The van der Waals surface area contributed by atoms with E-state index >= 15 is 0 Å². The number of carbonyl (C=O) groups is 1. The predicted molar refractivity (Wildman–Crippen MR) is 38.9 cm³/mol. The molecule has 0 atom stereocenters. The van der Waals surface area contributed by atoms with Gasteiger partial charge in [0.25, 0.3) is 0 Å². The topological polar surface area (TPSA) is 34.0 Å². The molecule has 1 N–H and O–H groups in total. The van der Waals surface area contributed by atoms with E-state index in [2.05, 4.69) is 5.32 Å². The van der Waals surface area contributed by atoms with Gasteiger partial charge in [0.15, 0.2) is 0 Å². The number of amides is 1. The van der Waals surface area contributed by atoms with E-state index in [-0.39, 0.29) is 6.03 Å². The highest BCUT2D eigenvalue weighted by Crippen LogP contribution is 1.87. The second kappa shape index (κ2) is 3.06. The van der Waals surface area contributed by atoms with Crippen molar-refractivity contribution in [1.82, 2.24) is 9.88 Å². The molecule has 3 heteroatoms. The fourth-order valence-corrected chi connectivity index (χ4v) is 0.712. The molecular weight excluding hydrogens is 128 g/mol. The lowest BCUT2D eigenvalue weighted by Crippen LogP contribution is -2.26. The highest BCUT2D eigenvalue weighted by Gasteiger charge is 1.96. The summed E-state index contributed by atoms with van der Waals surface area (Å²) < 4.78 is 1.50. The second-order valence-electron chi connectivity index (χ2n) is 1.93. The Bertz CT molecular complexity index is 203. The smallest absolute Gasteiger partial charge is 0.325 e. The van der Waals surface area contributed by atoms with Crippen molar-refractivity contribution >= 4 is 6.03 Å². The summed E-state index contributed by atoms with van der Waals surface area (Å²) in [6, 6.07) is 3.55. The van der Waals surface area contributed by atoms with Crippen molar-refractivity contribution in [3.63, 3.8) is 0 Å². The molecule has 0 radical (unpaired) electrons. The molecule has 0 aliphatic heterocycles. The Morgan fingerprint density at radius 2 is 2.10 bits per heavy atom. The quantitative estimate of drug-likeness (QED) is 0.618. The van der Waals surface area contributed by atoms with Gasteiger partial charge in [-0.05, 0) is 19.1 Å². The molecule has 1 rings (SSSR count). The zero-order valence-corrected chi connectivity index (χ0v) is 5.87. The monoisotopic (exact) mass is 138 g/mol. The first-order chi connectivity index (χ1) is 4.84. The van der Waals surface area contributed by atoms with E-state index in [0.717, 1.165) is 0 Å². The minimum absolute atomic E-state index is 0.0764. The molecule has 0 aliphatic rings. The normalized spacial score (nSPS) is 9.30. The van der Waals surface area contributed by atoms with E-state index in [1.54, 1.807) is 12.4 Å². The van der Waals surface area contributed by atoms with Gasteiger partial charge < -0.3 is 5.32 Å². The molecule has 0 fully saturated rings. The summed E-state index contributed by atoms with van der Waals surface area (Å²) >= 11 is 0. The summed E-state index contributed by atoms with van der Waals surface area (Å²) in [6.07, 6.45) is 3.43. The van der Waals surface area contributed by atoms with Gasteiger partial charge in [-0.15, -0.1) is 0 Å². The summed E-state index contributed by atoms with van der Waals surface area (Å²) in [5.74, 6) is 0. The van der Waals surface area contributed by atoms with Gasteiger partial charge in [0.05, 0.1) is 0 Å². The maximum Gasteiger partial charge on any atom is 0.325 e. The summed E-state index contributed by atoms with van der Waals surface area (Å²) in [6.45, 7) is 2.55. The van der Waals surface area contributed by atoms with Crippen LogP contribution in [0, 0.1) is 0 Å². The van der Waals surface area contributed by atoms with Crippen molar-refractivity contribution in [2.45, 2.75) is 6.92 Å². The zero-order valence-electron chi connectivity index (χ0n) is 5.87. The van der Waals surface area contributed by atoms with Gasteiger partial charge in [0, 0.05) is 18.9 Å². The van der Waals surface area contributed by atoms with Gasteiger partial charge in [-0.1, -0.05) is 0 Å². The van der Waals surface area contributed by atoms with Crippen molar-refractivity contribution in [2.24, 2.45) is 0 Å². The van der Waals surface area contributed by atoms with Gasteiger partial charge in [-0.25, -0.2) is 4.79 Å². The van der Waals surface area contributed by atoms with Crippen LogP contribution in [0.5, 0.6) is 0 Å². The van der Waals surface area contributed by atoms with E-state index in [1.165, 1.54) is 4.57 Å². The van der Waals surface area contributed by atoms with Crippen molar-refractivity contribution in [1.29, 1.82) is 0 Å². The van der Waals surface area contributed by atoms with E-state index in [0.29, 0.717) is 6.54 Å². The van der Waals surface area contributed by atoms with Crippen LogP contribution in [0.1, 0.15) is 6.92 Å². The predicted octanol–water partition coefficient (Wildman–Crippen LogP) is 1.07.